The molecule has 0 fully saturated rings. The Morgan fingerprint density at radius 2 is 2.24 bits per heavy atom. The van der Waals surface area contributed by atoms with E-state index >= 15 is 0 Å². The van der Waals surface area contributed by atoms with Gasteiger partial charge in [0.1, 0.15) is 5.75 Å². The van der Waals surface area contributed by atoms with Crippen LogP contribution in [0.5, 0.6) is 5.75 Å². The van der Waals surface area contributed by atoms with Gasteiger partial charge in [0.05, 0.1) is 12.3 Å². The molecule has 0 aliphatic heterocycles. The fourth-order valence-corrected chi connectivity index (χ4v) is 1.56. The topological polar surface area (TPSA) is 64.3 Å². The van der Waals surface area contributed by atoms with Crippen molar-refractivity contribution in [2.45, 2.75) is 13.3 Å². The number of benzene rings is 1. The number of nitrogens with one attached hydrogen (secondary N) is 1. The van der Waals surface area contributed by atoms with E-state index in [1.165, 1.54) is 0 Å². The highest BCUT2D eigenvalue weighted by atomic mass is 79.9. The predicted octanol–water partition coefficient (Wildman–Crippen LogP) is 2.56. The molecule has 0 bridgehead atoms. The van der Waals surface area contributed by atoms with Crippen LogP contribution in [-0.2, 0) is 4.79 Å². The van der Waals surface area contributed by atoms with Gasteiger partial charge in [0.25, 0.3) is 0 Å². The fraction of sp³-hybridized carbons (Fsp3) is 0.364. The van der Waals surface area contributed by atoms with Gasteiger partial charge in [-0.3, -0.25) is 4.79 Å². The summed E-state index contributed by atoms with van der Waals surface area (Å²) in [5, 5.41) is 2.76. The molecule has 4 nitrogen and oxygen atoms in total. The minimum Gasteiger partial charge on any atom is -0.492 e. The van der Waals surface area contributed by atoms with E-state index in [-0.39, 0.29) is 18.3 Å². The van der Waals surface area contributed by atoms with Crippen LogP contribution in [0.3, 0.4) is 0 Å². The molecular formula is C11H16BrClN2O2. The van der Waals surface area contributed by atoms with Crippen LogP contribution in [0, 0.1) is 0 Å². The van der Waals surface area contributed by atoms with Crippen molar-refractivity contribution in [2.75, 3.05) is 18.5 Å². The first kappa shape index (κ1) is 16.2. The van der Waals surface area contributed by atoms with Crippen LogP contribution in [0.25, 0.3) is 0 Å². The number of hydrogen-bond donors (Lipinski definition) is 2. The van der Waals surface area contributed by atoms with E-state index < -0.39 is 0 Å². The van der Waals surface area contributed by atoms with E-state index in [0.29, 0.717) is 31.0 Å². The van der Waals surface area contributed by atoms with Gasteiger partial charge in [0, 0.05) is 17.4 Å². The molecule has 0 aromatic heterocycles. The fourth-order valence-electron chi connectivity index (χ4n) is 1.22. The first-order chi connectivity index (χ1) is 7.67. The molecule has 6 heteroatoms. The number of ether oxygens (including phenoxy) is 1. The zero-order valence-corrected chi connectivity index (χ0v) is 11.9. The Morgan fingerprint density at radius 3 is 2.82 bits per heavy atom. The van der Waals surface area contributed by atoms with Crippen LogP contribution in [0.2, 0.25) is 0 Å². The maximum Gasteiger partial charge on any atom is 0.225 e. The summed E-state index contributed by atoms with van der Waals surface area (Å²) in [7, 11) is 0. The summed E-state index contributed by atoms with van der Waals surface area (Å²) in [6.45, 7) is 2.79. The first-order valence-electron chi connectivity index (χ1n) is 5.09. The lowest BCUT2D eigenvalue weighted by Gasteiger charge is -2.11. The second-order valence-corrected chi connectivity index (χ2v) is 4.08. The zero-order chi connectivity index (χ0) is 12.0. The summed E-state index contributed by atoms with van der Waals surface area (Å²) in [6, 6.07) is 5.46. The number of hydrogen-bond acceptors (Lipinski definition) is 3. The molecule has 0 atom stereocenters. The number of carbonyl (C=O) groups is 1. The molecule has 0 heterocycles. The lowest BCUT2D eigenvalue weighted by Crippen LogP contribution is -2.16. The van der Waals surface area contributed by atoms with Gasteiger partial charge in [-0.25, -0.2) is 0 Å². The minimum atomic E-state index is -0.106. The number of amides is 1. The number of nitrogens with two attached hydrogens (primary N) is 1. The number of carbonyl (C=O) groups excluding carboxylic acids is 1. The van der Waals surface area contributed by atoms with Crippen LogP contribution in [0.4, 0.5) is 5.69 Å². The second kappa shape index (κ2) is 8.33. The molecule has 0 unspecified atom stereocenters. The van der Waals surface area contributed by atoms with Gasteiger partial charge in [-0.15, -0.1) is 12.4 Å². The van der Waals surface area contributed by atoms with Gasteiger partial charge in [-0.05, 0) is 25.1 Å². The summed E-state index contributed by atoms with van der Waals surface area (Å²) in [5.41, 5.74) is 5.97. The highest BCUT2D eigenvalue weighted by molar-refractivity contribution is 9.10. The van der Waals surface area contributed by atoms with E-state index in [0.717, 1.165) is 4.47 Å². The second-order valence-electron chi connectivity index (χ2n) is 3.16. The van der Waals surface area contributed by atoms with Crippen LogP contribution in [-0.4, -0.2) is 19.1 Å². The minimum absolute atomic E-state index is 0. The molecule has 17 heavy (non-hydrogen) atoms. The molecule has 1 aromatic carbocycles. The Balaban J connectivity index is 0.00000256. The maximum atomic E-state index is 11.4. The van der Waals surface area contributed by atoms with Gasteiger partial charge in [-0.1, -0.05) is 15.9 Å². The van der Waals surface area contributed by atoms with Crippen LogP contribution < -0.4 is 15.8 Å². The third-order valence-corrected chi connectivity index (χ3v) is 2.38. The van der Waals surface area contributed by atoms with E-state index in [2.05, 4.69) is 21.2 Å². The quantitative estimate of drug-likeness (QED) is 0.875. The molecule has 0 radical (unpaired) electrons. The van der Waals surface area contributed by atoms with Crippen molar-refractivity contribution in [1.29, 1.82) is 0 Å². The van der Waals surface area contributed by atoms with Crippen LogP contribution in [0.1, 0.15) is 13.3 Å². The van der Waals surface area contributed by atoms with Crippen molar-refractivity contribution in [2.24, 2.45) is 5.73 Å². The highest BCUT2D eigenvalue weighted by Crippen LogP contribution is 2.28. The molecule has 0 aliphatic rings. The van der Waals surface area contributed by atoms with Crippen molar-refractivity contribution in [1.82, 2.24) is 0 Å². The Kier molecular flexibility index (Phi) is 7.95. The number of anilines is 1. The van der Waals surface area contributed by atoms with Crippen LogP contribution >= 0.6 is 28.3 Å². The Bertz CT molecular complexity index is 374. The normalized spacial score (nSPS) is 9.35. The van der Waals surface area contributed by atoms with Crippen LogP contribution in [0.15, 0.2) is 22.7 Å². The standard InChI is InChI=1S/C11H15BrN2O2.ClH/c1-2-16-10-7-8(12)3-4-9(10)14-11(15)5-6-13;/h3-4,7H,2,5-6,13H2,1H3,(H,14,15);1H. The third-order valence-electron chi connectivity index (χ3n) is 1.89. The van der Waals surface area contributed by atoms with Gasteiger partial charge < -0.3 is 15.8 Å². The van der Waals surface area contributed by atoms with Crippen molar-refractivity contribution in [3.8, 4) is 5.75 Å². The lowest BCUT2D eigenvalue weighted by atomic mass is 10.2. The molecule has 1 aromatic rings. The summed E-state index contributed by atoms with van der Waals surface area (Å²) < 4.78 is 6.33. The van der Waals surface area contributed by atoms with Gasteiger partial charge >= 0.3 is 0 Å². The lowest BCUT2D eigenvalue weighted by molar-refractivity contribution is -0.116. The average Bonchev–Trinajstić information content (AvgIpc) is 2.23. The van der Waals surface area contributed by atoms with E-state index in [1.807, 2.05) is 19.1 Å². The van der Waals surface area contributed by atoms with E-state index in [1.54, 1.807) is 6.07 Å². The van der Waals surface area contributed by atoms with E-state index in [4.69, 9.17) is 10.5 Å². The summed E-state index contributed by atoms with van der Waals surface area (Å²) >= 11 is 3.35. The number of halogens is 2. The predicted molar refractivity (Wildman–Crippen MR) is 74.9 cm³/mol. The van der Waals surface area contributed by atoms with Gasteiger partial charge in [0.15, 0.2) is 0 Å². The molecule has 0 saturated carbocycles. The van der Waals surface area contributed by atoms with Gasteiger partial charge in [-0.2, -0.15) is 0 Å². The average molecular weight is 324 g/mol. The van der Waals surface area contributed by atoms with Gasteiger partial charge in [0.2, 0.25) is 5.91 Å². The zero-order valence-electron chi connectivity index (χ0n) is 9.53. The summed E-state index contributed by atoms with van der Waals surface area (Å²) in [4.78, 5) is 11.4. The van der Waals surface area contributed by atoms with E-state index in [9.17, 15) is 4.79 Å². The van der Waals surface area contributed by atoms with Crippen molar-refractivity contribution >= 4 is 39.9 Å². The maximum absolute atomic E-state index is 11.4. The molecule has 0 spiro atoms. The third kappa shape index (κ3) is 5.39. The molecular weight excluding hydrogens is 307 g/mol. The van der Waals surface area contributed by atoms with Crippen molar-refractivity contribution in [3.63, 3.8) is 0 Å². The van der Waals surface area contributed by atoms with Crippen molar-refractivity contribution < 1.29 is 9.53 Å². The first-order valence-corrected chi connectivity index (χ1v) is 5.89. The monoisotopic (exact) mass is 322 g/mol. The Labute approximate surface area is 115 Å². The summed E-state index contributed by atoms with van der Waals surface area (Å²) in [5.74, 6) is 0.549. The molecule has 0 aliphatic carbocycles. The molecule has 1 rings (SSSR count). The summed E-state index contributed by atoms with van der Waals surface area (Å²) in [6.07, 6.45) is 0.307. The molecule has 0 saturated heterocycles. The largest absolute Gasteiger partial charge is 0.492 e. The smallest absolute Gasteiger partial charge is 0.225 e. The highest BCUT2D eigenvalue weighted by Gasteiger charge is 2.07. The van der Waals surface area contributed by atoms with Crippen molar-refractivity contribution in [3.05, 3.63) is 22.7 Å². The molecule has 3 N–H and O–H groups in total. The molecule has 1 amide bonds. The number of rotatable bonds is 5. The molecule has 96 valence electrons. The Hall–Kier alpha value is -0.780. The SMILES string of the molecule is CCOc1cc(Br)ccc1NC(=O)CCN.Cl. The Morgan fingerprint density at radius 1 is 1.53 bits per heavy atom.